The number of benzene rings is 1. The van der Waals surface area contributed by atoms with E-state index >= 15 is 0 Å². The number of hydrogen-bond donors (Lipinski definition) is 1. The van der Waals surface area contributed by atoms with Gasteiger partial charge in [0.15, 0.2) is 5.78 Å². The zero-order valence-corrected chi connectivity index (χ0v) is 15.0. The molecule has 0 unspecified atom stereocenters. The summed E-state index contributed by atoms with van der Waals surface area (Å²) in [4.78, 5) is 26.1. The molecule has 1 aromatic rings. The Morgan fingerprint density at radius 1 is 1.17 bits per heavy atom. The Bertz CT molecular complexity index is 526. The molecule has 1 amide bonds. The number of nitrogens with zero attached hydrogens (tertiary/aromatic N) is 1. The number of carbonyl (C=O) groups excluding carboxylic acids is 2. The molecule has 5 nitrogen and oxygen atoms in total. The highest BCUT2D eigenvalue weighted by Crippen LogP contribution is 2.15. The normalized spacial score (nSPS) is 14.8. The monoisotopic (exact) mass is 354 g/mol. The molecule has 1 heterocycles. The molecule has 1 aromatic carbocycles. The third kappa shape index (κ3) is 6.13. The van der Waals surface area contributed by atoms with Crippen molar-refractivity contribution in [3.8, 4) is 5.75 Å². The summed E-state index contributed by atoms with van der Waals surface area (Å²) in [6, 6.07) is 7.33. The molecule has 1 aliphatic heterocycles. The van der Waals surface area contributed by atoms with Gasteiger partial charge >= 0.3 is 0 Å². The summed E-state index contributed by atoms with van der Waals surface area (Å²) in [5.74, 6) is 0.811. The molecular formula is C18H27ClN2O3. The van der Waals surface area contributed by atoms with E-state index in [1.54, 1.807) is 24.3 Å². The van der Waals surface area contributed by atoms with Crippen molar-refractivity contribution in [1.82, 2.24) is 4.90 Å². The van der Waals surface area contributed by atoms with Crippen LogP contribution in [0.2, 0.25) is 0 Å². The first kappa shape index (κ1) is 20.5. The summed E-state index contributed by atoms with van der Waals surface area (Å²) in [6.07, 6.45) is 3.15. The Balaban J connectivity index is 0.00000288. The lowest BCUT2D eigenvalue weighted by molar-refractivity contribution is -0.132. The molecule has 0 saturated carbocycles. The van der Waals surface area contributed by atoms with Crippen molar-refractivity contribution >= 4 is 24.1 Å². The Labute approximate surface area is 149 Å². The summed E-state index contributed by atoms with van der Waals surface area (Å²) >= 11 is 0. The Hall–Kier alpha value is -1.59. The maximum Gasteiger partial charge on any atom is 0.223 e. The molecule has 2 N–H and O–H groups in total. The minimum Gasteiger partial charge on any atom is -0.494 e. The van der Waals surface area contributed by atoms with Crippen LogP contribution in [0, 0.1) is 0 Å². The van der Waals surface area contributed by atoms with Crippen LogP contribution in [0.4, 0.5) is 0 Å². The summed E-state index contributed by atoms with van der Waals surface area (Å²) in [6.45, 7) is 4.13. The number of carbonyl (C=O) groups is 2. The SMILES string of the molecule is CCCOc1ccc(C(=O)CCC(=O)N2CCC(N)CC2)cc1.Cl. The predicted molar refractivity (Wildman–Crippen MR) is 96.8 cm³/mol. The van der Waals surface area contributed by atoms with Gasteiger partial charge in [-0.1, -0.05) is 6.92 Å². The number of piperidine rings is 1. The van der Waals surface area contributed by atoms with Crippen molar-refractivity contribution in [2.45, 2.75) is 45.1 Å². The fourth-order valence-electron chi connectivity index (χ4n) is 2.63. The maximum absolute atomic E-state index is 12.2. The molecule has 0 aromatic heterocycles. The van der Waals surface area contributed by atoms with E-state index < -0.39 is 0 Å². The second kappa shape index (κ2) is 10.3. The average Bonchev–Trinajstić information content (AvgIpc) is 2.58. The molecule has 134 valence electrons. The quantitative estimate of drug-likeness (QED) is 0.764. The summed E-state index contributed by atoms with van der Waals surface area (Å²) < 4.78 is 5.49. The molecule has 6 heteroatoms. The smallest absolute Gasteiger partial charge is 0.223 e. The van der Waals surface area contributed by atoms with E-state index in [-0.39, 0.29) is 43.0 Å². The van der Waals surface area contributed by atoms with E-state index in [4.69, 9.17) is 10.5 Å². The predicted octanol–water partition coefficient (Wildman–Crippen LogP) is 2.81. The molecule has 0 aliphatic carbocycles. The van der Waals surface area contributed by atoms with E-state index in [0.29, 0.717) is 25.3 Å². The summed E-state index contributed by atoms with van der Waals surface area (Å²) in [5, 5.41) is 0. The van der Waals surface area contributed by atoms with Crippen molar-refractivity contribution in [2.24, 2.45) is 5.73 Å². The fourth-order valence-corrected chi connectivity index (χ4v) is 2.63. The number of ether oxygens (including phenoxy) is 1. The summed E-state index contributed by atoms with van der Waals surface area (Å²) in [7, 11) is 0. The van der Waals surface area contributed by atoms with Crippen LogP contribution in [0.5, 0.6) is 5.75 Å². The number of ketones is 1. The summed E-state index contributed by atoms with van der Waals surface area (Å²) in [5.41, 5.74) is 6.46. The zero-order chi connectivity index (χ0) is 16.7. The van der Waals surface area contributed by atoms with Crippen molar-refractivity contribution in [2.75, 3.05) is 19.7 Å². The van der Waals surface area contributed by atoms with Gasteiger partial charge in [-0.05, 0) is 43.5 Å². The number of amides is 1. The number of Topliss-reactive ketones (excluding diaryl/α,β-unsaturated/α-hetero) is 1. The van der Waals surface area contributed by atoms with E-state index in [1.165, 1.54) is 0 Å². The first-order valence-electron chi connectivity index (χ1n) is 8.39. The third-order valence-corrected chi connectivity index (χ3v) is 4.11. The van der Waals surface area contributed by atoms with Crippen molar-refractivity contribution in [3.63, 3.8) is 0 Å². The Morgan fingerprint density at radius 3 is 2.38 bits per heavy atom. The van der Waals surface area contributed by atoms with Crippen LogP contribution >= 0.6 is 12.4 Å². The van der Waals surface area contributed by atoms with Gasteiger partial charge in [0.25, 0.3) is 0 Å². The first-order chi connectivity index (χ1) is 11.1. The Kier molecular flexibility index (Phi) is 8.79. The number of likely N-dealkylation sites (tertiary alicyclic amines) is 1. The molecule has 0 spiro atoms. The Morgan fingerprint density at radius 2 is 1.79 bits per heavy atom. The first-order valence-corrected chi connectivity index (χ1v) is 8.39. The molecule has 1 saturated heterocycles. The molecule has 2 rings (SSSR count). The lowest BCUT2D eigenvalue weighted by Crippen LogP contribution is -2.42. The van der Waals surface area contributed by atoms with Gasteiger partial charge in [-0.2, -0.15) is 0 Å². The maximum atomic E-state index is 12.2. The van der Waals surface area contributed by atoms with Crippen LogP contribution in [0.1, 0.15) is 49.4 Å². The largest absolute Gasteiger partial charge is 0.494 e. The van der Waals surface area contributed by atoms with Gasteiger partial charge < -0.3 is 15.4 Å². The van der Waals surface area contributed by atoms with Crippen LogP contribution in [0.25, 0.3) is 0 Å². The van der Waals surface area contributed by atoms with Crippen LogP contribution in [0.3, 0.4) is 0 Å². The highest BCUT2D eigenvalue weighted by Gasteiger charge is 2.21. The standard InChI is InChI=1S/C18H26N2O3.ClH/c1-2-13-23-16-5-3-14(4-6-16)17(21)7-8-18(22)20-11-9-15(19)10-12-20;/h3-6,15H,2,7-13,19H2,1H3;1H. The zero-order valence-electron chi connectivity index (χ0n) is 14.2. The highest BCUT2D eigenvalue weighted by molar-refractivity contribution is 5.98. The topological polar surface area (TPSA) is 72.6 Å². The molecule has 1 aliphatic rings. The molecule has 0 bridgehead atoms. The molecule has 1 fully saturated rings. The lowest BCUT2D eigenvalue weighted by atomic mass is 10.0. The number of halogens is 1. The minimum atomic E-state index is -0.00546. The van der Waals surface area contributed by atoms with Crippen molar-refractivity contribution in [3.05, 3.63) is 29.8 Å². The van der Waals surface area contributed by atoms with Crippen molar-refractivity contribution < 1.29 is 14.3 Å². The van der Waals surface area contributed by atoms with E-state index in [0.717, 1.165) is 25.0 Å². The lowest BCUT2D eigenvalue weighted by Gasteiger charge is -2.30. The molecular weight excluding hydrogens is 328 g/mol. The molecule has 0 atom stereocenters. The highest BCUT2D eigenvalue weighted by atomic mass is 35.5. The number of hydrogen-bond acceptors (Lipinski definition) is 4. The second-order valence-electron chi connectivity index (χ2n) is 6.01. The minimum absolute atomic E-state index is 0. The molecule has 0 radical (unpaired) electrons. The van der Waals surface area contributed by atoms with Crippen LogP contribution in [-0.4, -0.2) is 42.3 Å². The number of nitrogens with two attached hydrogens (primary N) is 1. The van der Waals surface area contributed by atoms with Gasteiger partial charge in [0, 0.05) is 37.5 Å². The van der Waals surface area contributed by atoms with Gasteiger partial charge in [0.2, 0.25) is 5.91 Å². The second-order valence-corrected chi connectivity index (χ2v) is 6.01. The number of rotatable bonds is 7. The van der Waals surface area contributed by atoms with Crippen LogP contribution < -0.4 is 10.5 Å². The van der Waals surface area contributed by atoms with E-state index in [1.807, 2.05) is 11.8 Å². The molecule has 24 heavy (non-hydrogen) atoms. The van der Waals surface area contributed by atoms with Gasteiger partial charge in [-0.3, -0.25) is 9.59 Å². The third-order valence-electron chi connectivity index (χ3n) is 4.11. The van der Waals surface area contributed by atoms with Gasteiger partial charge in [-0.15, -0.1) is 12.4 Å². The fraction of sp³-hybridized carbons (Fsp3) is 0.556. The van der Waals surface area contributed by atoms with Crippen LogP contribution in [0.15, 0.2) is 24.3 Å². The van der Waals surface area contributed by atoms with Gasteiger partial charge in [0.1, 0.15) is 5.75 Å². The van der Waals surface area contributed by atoms with Crippen LogP contribution in [-0.2, 0) is 4.79 Å². The van der Waals surface area contributed by atoms with Gasteiger partial charge in [-0.25, -0.2) is 0 Å². The van der Waals surface area contributed by atoms with E-state index in [2.05, 4.69) is 0 Å². The van der Waals surface area contributed by atoms with Gasteiger partial charge in [0.05, 0.1) is 6.61 Å². The van der Waals surface area contributed by atoms with E-state index in [9.17, 15) is 9.59 Å². The average molecular weight is 355 g/mol. The van der Waals surface area contributed by atoms with Crippen molar-refractivity contribution in [1.29, 1.82) is 0 Å².